The Morgan fingerprint density at radius 3 is 2.17 bits per heavy atom. The second-order valence-electron chi connectivity index (χ2n) is 7.53. The van der Waals surface area contributed by atoms with Crippen LogP contribution in [0.3, 0.4) is 0 Å². The first-order chi connectivity index (χ1) is 8.10. The SMILES string of the molecule is CC(C)OC(=O)CNC1CC(C)(C)CC(C)(C)C1. The summed E-state index contributed by atoms with van der Waals surface area (Å²) in [6.45, 7) is 13.3. The van der Waals surface area contributed by atoms with Crippen molar-refractivity contribution in [1.82, 2.24) is 5.32 Å². The van der Waals surface area contributed by atoms with Crippen LogP contribution in [0.2, 0.25) is 0 Å². The van der Waals surface area contributed by atoms with Gasteiger partial charge in [0, 0.05) is 6.04 Å². The Morgan fingerprint density at radius 2 is 1.72 bits per heavy atom. The van der Waals surface area contributed by atoms with Crippen LogP contribution in [0.1, 0.15) is 60.8 Å². The molecule has 3 nitrogen and oxygen atoms in total. The summed E-state index contributed by atoms with van der Waals surface area (Å²) >= 11 is 0. The molecule has 0 saturated heterocycles. The van der Waals surface area contributed by atoms with Gasteiger partial charge in [0.25, 0.3) is 0 Å². The Bertz CT molecular complexity index is 279. The predicted octanol–water partition coefficient (Wildman–Crippen LogP) is 3.13. The lowest BCUT2D eigenvalue weighted by atomic mass is 9.63. The molecule has 0 atom stereocenters. The Morgan fingerprint density at radius 1 is 1.22 bits per heavy atom. The zero-order valence-electron chi connectivity index (χ0n) is 12.8. The van der Waals surface area contributed by atoms with E-state index in [1.165, 1.54) is 6.42 Å². The number of nitrogens with one attached hydrogen (secondary N) is 1. The van der Waals surface area contributed by atoms with Crippen LogP contribution >= 0.6 is 0 Å². The topological polar surface area (TPSA) is 38.3 Å². The van der Waals surface area contributed by atoms with Gasteiger partial charge in [-0.1, -0.05) is 27.7 Å². The molecule has 106 valence electrons. The first-order valence-electron chi connectivity index (χ1n) is 7.03. The monoisotopic (exact) mass is 255 g/mol. The highest BCUT2D eigenvalue weighted by Crippen LogP contribution is 2.45. The molecule has 0 aromatic carbocycles. The molecular weight excluding hydrogens is 226 g/mol. The molecule has 0 bridgehead atoms. The Kier molecular flexibility index (Phi) is 4.82. The van der Waals surface area contributed by atoms with Crippen LogP contribution in [-0.2, 0) is 9.53 Å². The summed E-state index contributed by atoms with van der Waals surface area (Å²) in [6.07, 6.45) is 3.48. The zero-order chi connectivity index (χ0) is 14.0. The van der Waals surface area contributed by atoms with Gasteiger partial charge in [-0.3, -0.25) is 4.79 Å². The lowest BCUT2D eigenvalue weighted by molar-refractivity contribution is -0.146. The average Bonchev–Trinajstić information content (AvgIpc) is 2.08. The van der Waals surface area contributed by atoms with Crippen LogP contribution < -0.4 is 5.32 Å². The fraction of sp³-hybridized carbons (Fsp3) is 0.933. The molecule has 1 aliphatic carbocycles. The molecule has 0 radical (unpaired) electrons. The van der Waals surface area contributed by atoms with E-state index in [2.05, 4.69) is 33.0 Å². The minimum Gasteiger partial charge on any atom is -0.462 e. The molecule has 0 aliphatic heterocycles. The molecule has 0 amide bonds. The van der Waals surface area contributed by atoms with Crippen molar-refractivity contribution in [3.63, 3.8) is 0 Å². The van der Waals surface area contributed by atoms with Crippen LogP contribution in [0.5, 0.6) is 0 Å². The highest BCUT2D eigenvalue weighted by Gasteiger charge is 2.38. The molecule has 0 spiro atoms. The third-order valence-electron chi connectivity index (χ3n) is 3.46. The van der Waals surface area contributed by atoms with Crippen molar-refractivity contribution in [3.05, 3.63) is 0 Å². The predicted molar refractivity (Wildman–Crippen MR) is 74.4 cm³/mol. The van der Waals surface area contributed by atoms with Gasteiger partial charge in [-0.2, -0.15) is 0 Å². The van der Waals surface area contributed by atoms with Gasteiger partial charge >= 0.3 is 5.97 Å². The molecule has 1 aliphatic rings. The number of hydrogen-bond acceptors (Lipinski definition) is 3. The third kappa shape index (κ3) is 5.38. The summed E-state index contributed by atoms with van der Waals surface area (Å²) < 4.78 is 5.14. The highest BCUT2D eigenvalue weighted by molar-refractivity contribution is 5.71. The maximum atomic E-state index is 11.5. The van der Waals surface area contributed by atoms with Crippen LogP contribution in [0.4, 0.5) is 0 Å². The number of carbonyl (C=O) groups is 1. The summed E-state index contributed by atoms with van der Waals surface area (Å²) in [5.74, 6) is -0.147. The molecule has 0 heterocycles. The van der Waals surface area contributed by atoms with E-state index < -0.39 is 0 Å². The highest BCUT2D eigenvalue weighted by atomic mass is 16.5. The van der Waals surface area contributed by atoms with Crippen molar-refractivity contribution in [2.24, 2.45) is 10.8 Å². The largest absolute Gasteiger partial charge is 0.462 e. The third-order valence-corrected chi connectivity index (χ3v) is 3.46. The van der Waals surface area contributed by atoms with Gasteiger partial charge in [0.05, 0.1) is 12.6 Å². The van der Waals surface area contributed by atoms with Gasteiger partial charge in [0.2, 0.25) is 0 Å². The molecule has 1 rings (SSSR count). The maximum absolute atomic E-state index is 11.5. The second kappa shape index (κ2) is 5.60. The van der Waals surface area contributed by atoms with E-state index in [1.807, 2.05) is 13.8 Å². The van der Waals surface area contributed by atoms with Crippen molar-refractivity contribution in [1.29, 1.82) is 0 Å². The molecule has 0 unspecified atom stereocenters. The lowest BCUT2D eigenvalue weighted by Crippen LogP contribution is -2.45. The van der Waals surface area contributed by atoms with E-state index >= 15 is 0 Å². The van der Waals surface area contributed by atoms with E-state index in [9.17, 15) is 4.79 Å². The van der Waals surface area contributed by atoms with Crippen LogP contribution in [0.25, 0.3) is 0 Å². The smallest absolute Gasteiger partial charge is 0.320 e. The summed E-state index contributed by atoms with van der Waals surface area (Å²) in [5, 5.41) is 3.36. The van der Waals surface area contributed by atoms with Crippen LogP contribution in [0, 0.1) is 10.8 Å². The fourth-order valence-electron chi connectivity index (χ4n) is 3.52. The van der Waals surface area contributed by atoms with Crippen molar-refractivity contribution >= 4 is 5.97 Å². The summed E-state index contributed by atoms with van der Waals surface area (Å²) in [6, 6.07) is 0.420. The minimum atomic E-state index is -0.147. The van der Waals surface area contributed by atoms with Gasteiger partial charge in [0.15, 0.2) is 0 Å². The van der Waals surface area contributed by atoms with Gasteiger partial charge in [-0.05, 0) is 43.9 Å². The average molecular weight is 255 g/mol. The Hall–Kier alpha value is -0.570. The quantitative estimate of drug-likeness (QED) is 0.784. The molecule has 1 fully saturated rings. The van der Waals surface area contributed by atoms with Crippen LogP contribution in [-0.4, -0.2) is 24.7 Å². The number of hydrogen-bond donors (Lipinski definition) is 1. The summed E-state index contributed by atoms with van der Waals surface area (Å²) in [4.78, 5) is 11.5. The molecule has 0 aromatic heterocycles. The van der Waals surface area contributed by atoms with Gasteiger partial charge in [-0.15, -0.1) is 0 Å². The van der Waals surface area contributed by atoms with Crippen molar-refractivity contribution in [2.75, 3.05) is 6.54 Å². The summed E-state index contributed by atoms with van der Waals surface area (Å²) in [7, 11) is 0. The second-order valence-corrected chi connectivity index (χ2v) is 7.53. The Balaban J connectivity index is 2.45. The normalized spacial score (nSPS) is 23.1. The molecule has 1 saturated carbocycles. The molecular formula is C15H29NO2. The van der Waals surface area contributed by atoms with E-state index in [0.717, 1.165) is 12.8 Å². The maximum Gasteiger partial charge on any atom is 0.320 e. The van der Waals surface area contributed by atoms with Gasteiger partial charge in [0.1, 0.15) is 0 Å². The lowest BCUT2D eigenvalue weighted by Gasteiger charge is -2.45. The number of esters is 1. The molecule has 3 heteroatoms. The first-order valence-corrected chi connectivity index (χ1v) is 7.03. The van der Waals surface area contributed by atoms with Gasteiger partial charge < -0.3 is 10.1 Å². The van der Waals surface area contributed by atoms with Crippen molar-refractivity contribution < 1.29 is 9.53 Å². The van der Waals surface area contributed by atoms with E-state index in [0.29, 0.717) is 23.4 Å². The molecule has 18 heavy (non-hydrogen) atoms. The summed E-state index contributed by atoms with van der Waals surface area (Å²) in [5.41, 5.74) is 0.697. The number of carbonyl (C=O) groups excluding carboxylic acids is 1. The standard InChI is InChI=1S/C15H29NO2/c1-11(2)18-13(17)9-16-12-7-14(3,4)10-15(5,6)8-12/h11-12,16H,7-10H2,1-6H3. The van der Waals surface area contributed by atoms with E-state index in [1.54, 1.807) is 0 Å². The molecule has 1 N–H and O–H groups in total. The van der Waals surface area contributed by atoms with E-state index in [4.69, 9.17) is 4.74 Å². The number of rotatable bonds is 4. The fourth-order valence-corrected chi connectivity index (χ4v) is 3.52. The van der Waals surface area contributed by atoms with Gasteiger partial charge in [-0.25, -0.2) is 0 Å². The first kappa shape index (κ1) is 15.5. The van der Waals surface area contributed by atoms with E-state index in [-0.39, 0.29) is 12.1 Å². The van der Waals surface area contributed by atoms with Crippen LogP contribution in [0.15, 0.2) is 0 Å². The minimum absolute atomic E-state index is 0.0291. The number of ether oxygens (including phenoxy) is 1. The molecule has 0 aromatic rings. The zero-order valence-corrected chi connectivity index (χ0v) is 12.8. The van der Waals surface area contributed by atoms with Crippen molar-refractivity contribution in [2.45, 2.75) is 73.0 Å². The van der Waals surface area contributed by atoms with Crippen molar-refractivity contribution in [3.8, 4) is 0 Å². The Labute approximate surface area is 112 Å².